The highest BCUT2D eigenvalue weighted by Gasteiger charge is 2.32. The summed E-state index contributed by atoms with van der Waals surface area (Å²) in [6, 6.07) is 16.8. The van der Waals surface area contributed by atoms with Gasteiger partial charge in [-0.1, -0.05) is 30.3 Å². The zero-order chi connectivity index (χ0) is 24.2. The van der Waals surface area contributed by atoms with Crippen molar-refractivity contribution in [1.82, 2.24) is 0 Å². The molecule has 7 nitrogen and oxygen atoms in total. The molecule has 0 aliphatic carbocycles. The molecule has 0 saturated heterocycles. The fourth-order valence-electron chi connectivity index (χ4n) is 4.16. The zero-order valence-electron chi connectivity index (χ0n) is 19.7. The van der Waals surface area contributed by atoms with Gasteiger partial charge < -0.3 is 29.0 Å². The highest BCUT2D eigenvalue weighted by molar-refractivity contribution is 6.15. The Balaban J connectivity index is 1.65. The minimum atomic E-state index is -0.256. The number of Topliss-reactive ketones (excluding diaryl/α,β-unsaturated/α-hetero) is 1. The lowest BCUT2D eigenvalue weighted by atomic mass is 10.0. The first kappa shape index (κ1) is 23.2. The van der Waals surface area contributed by atoms with Crippen molar-refractivity contribution in [1.29, 1.82) is 0 Å². The molecule has 1 unspecified atom stereocenters. The van der Waals surface area contributed by atoms with E-state index >= 15 is 0 Å². The minimum Gasteiger partial charge on any atom is -0.507 e. The lowest BCUT2D eigenvalue weighted by molar-refractivity contribution is -0.907. The van der Waals surface area contributed by atoms with E-state index in [1.54, 1.807) is 37.5 Å². The van der Waals surface area contributed by atoms with Crippen LogP contribution in [0.1, 0.15) is 27.0 Å². The third kappa shape index (κ3) is 4.43. The van der Waals surface area contributed by atoms with Crippen molar-refractivity contribution in [2.24, 2.45) is 0 Å². The molecule has 0 spiro atoms. The van der Waals surface area contributed by atoms with Crippen LogP contribution >= 0.6 is 0 Å². The van der Waals surface area contributed by atoms with Crippen LogP contribution in [0.15, 0.2) is 60.4 Å². The molecule has 0 bridgehead atoms. The van der Waals surface area contributed by atoms with Gasteiger partial charge in [-0.05, 0) is 30.3 Å². The number of ketones is 1. The first-order valence-electron chi connectivity index (χ1n) is 10.9. The summed E-state index contributed by atoms with van der Waals surface area (Å²) >= 11 is 0. The van der Waals surface area contributed by atoms with Gasteiger partial charge in [0.1, 0.15) is 18.8 Å². The molecule has 1 atom stereocenters. The van der Waals surface area contributed by atoms with Crippen molar-refractivity contribution in [3.8, 4) is 28.7 Å². The van der Waals surface area contributed by atoms with E-state index in [0.29, 0.717) is 46.2 Å². The topological polar surface area (TPSA) is 78.7 Å². The molecule has 1 heterocycles. The predicted octanol–water partition coefficient (Wildman–Crippen LogP) is 3.25. The van der Waals surface area contributed by atoms with Crippen molar-refractivity contribution in [2.45, 2.75) is 13.1 Å². The number of methoxy groups -OCH3 is 3. The Morgan fingerprint density at radius 2 is 1.65 bits per heavy atom. The van der Waals surface area contributed by atoms with Crippen LogP contribution in [0.5, 0.6) is 28.7 Å². The van der Waals surface area contributed by atoms with Gasteiger partial charge in [0.05, 0.1) is 39.5 Å². The van der Waals surface area contributed by atoms with E-state index in [2.05, 4.69) is 12.1 Å². The molecule has 1 aliphatic rings. The summed E-state index contributed by atoms with van der Waals surface area (Å²) in [5.41, 5.74) is 2.81. The molecular weight excluding hydrogens is 434 g/mol. The van der Waals surface area contributed by atoms with Crippen LogP contribution in [-0.2, 0) is 13.1 Å². The number of fused-ring (bicyclic) bond motifs is 1. The number of hydrogen-bond donors (Lipinski definition) is 2. The van der Waals surface area contributed by atoms with E-state index in [1.165, 1.54) is 19.8 Å². The Morgan fingerprint density at radius 3 is 2.32 bits per heavy atom. The normalized spacial score (nSPS) is 14.5. The molecule has 4 rings (SSSR count). The zero-order valence-corrected chi connectivity index (χ0v) is 19.7. The Bertz CT molecular complexity index is 1240. The van der Waals surface area contributed by atoms with E-state index in [1.807, 2.05) is 25.2 Å². The third-order valence-corrected chi connectivity index (χ3v) is 5.76. The number of allylic oxidation sites excluding steroid dienone is 1. The quantitative estimate of drug-likeness (QED) is 0.501. The number of rotatable bonds is 8. The molecule has 0 aromatic heterocycles. The fraction of sp³-hybridized carbons (Fsp3) is 0.222. The SMILES string of the molecule is COc1ccc(/C=C2\Oc3c(ccc(O)c3C[NH+](C)Cc3ccccc3)C2=O)c(OC)c1OC. The summed E-state index contributed by atoms with van der Waals surface area (Å²) in [6.45, 7) is 1.26. The summed E-state index contributed by atoms with van der Waals surface area (Å²) in [5.74, 6) is 1.75. The number of nitrogens with one attached hydrogen (secondary N) is 1. The maximum atomic E-state index is 13.1. The van der Waals surface area contributed by atoms with E-state index in [0.717, 1.165) is 11.4 Å². The van der Waals surface area contributed by atoms with Crippen LogP contribution in [0.25, 0.3) is 6.08 Å². The monoisotopic (exact) mass is 462 g/mol. The molecule has 0 fully saturated rings. The number of benzene rings is 3. The van der Waals surface area contributed by atoms with Gasteiger partial charge in [-0.3, -0.25) is 4.79 Å². The smallest absolute Gasteiger partial charge is 0.231 e. The Labute approximate surface area is 198 Å². The number of carbonyl (C=O) groups is 1. The molecule has 0 radical (unpaired) electrons. The van der Waals surface area contributed by atoms with Gasteiger partial charge in [0.25, 0.3) is 0 Å². The van der Waals surface area contributed by atoms with Crippen LogP contribution in [-0.4, -0.2) is 39.3 Å². The van der Waals surface area contributed by atoms with Crippen molar-refractivity contribution >= 4 is 11.9 Å². The molecule has 2 N–H and O–H groups in total. The highest BCUT2D eigenvalue weighted by atomic mass is 16.5. The lowest BCUT2D eigenvalue weighted by Gasteiger charge is -2.16. The second-order valence-electron chi connectivity index (χ2n) is 8.10. The largest absolute Gasteiger partial charge is 0.507 e. The molecule has 34 heavy (non-hydrogen) atoms. The fourth-order valence-corrected chi connectivity index (χ4v) is 4.16. The molecule has 176 valence electrons. The first-order valence-corrected chi connectivity index (χ1v) is 10.9. The number of phenolic OH excluding ortho intramolecular Hbond substituents is 1. The summed E-state index contributed by atoms with van der Waals surface area (Å²) in [4.78, 5) is 14.3. The molecule has 0 saturated carbocycles. The Hall–Kier alpha value is -3.97. The second-order valence-corrected chi connectivity index (χ2v) is 8.10. The number of ether oxygens (including phenoxy) is 4. The van der Waals surface area contributed by atoms with E-state index in [4.69, 9.17) is 18.9 Å². The molecule has 7 heteroatoms. The van der Waals surface area contributed by atoms with Crippen LogP contribution in [0.4, 0.5) is 0 Å². The van der Waals surface area contributed by atoms with Gasteiger partial charge in [0.15, 0.2) is 23.0 Å². The van der Waals surface area contributed by atoms with Gasteiger partial charge >= 0.3 is 0 Å². The van der Waals surface area contributed by atoms with Gasteiger partial charge in [0.2, 0.25) is 11.5 Å². The molecule has 1 aliphatic heterocycles. The van der Waals surface area contributed by atoms with Gasteiger partial charge in [-0.15, -0.1) is 0 Å². The average molecular weight is 463 g/mol. The predicted molar refractivity (Wildman–Crippen MR) is 128 cm³/mol. The highest BCUT2D eigenvalue weighted by Crippen LogP contribution is 2.43. The van der Waals surface area contributed by atoms with Crippen molar-refractivity contribution < 1.29 is 33.7 Å². The summed E-state index contributed by atoms with van der Waals surface area (Å²) < 4.78 is 22.3. The van der Waals surface area contributed by atoms with Crippen LogP contribution in [0, 0.1) is 0 Å². The maximum absolute atomic E-state index is 13.1. The second kappa shape index (κ2) is 9.89. The van der Waals surface area contributed by atoms with E-state index in [9.17, 15) is 9.90 Å². The minimum absolute atomic E-state index is 0.101. The van der Waals surface area contributed by atoms with Crippen molar-refractivity contribution in [3.63, 3.8) is 0 Å². The van der Waals surface area contributed by atoms with Crippen molar-refractivity contribution in [3.05, 3.63) is 82.6 Å². The van der Waals surface area contributed by atoms with Crippen LogP contribution < -0.4 is 23.8 Å². The summed E-state index contributed by atoms with van der Waals surface area (Å²) in [7, 11) is 6.62. The molecule has 3 aromatic carbocycles. The molecular formula is C27H28NO6+. The van der Waals surface area contributed by atoms with Crippen LogP contribution in [0.2, 0.25) is 0 Å². The van der Waals surface area contributed by atoms with Crippen LogP contribution in [0.3, 0.4) is 0 Å². The van der Waals surface area contributed by atoms with E-state index < -0.39 is 0 Å². The summed E-state index contributed by atoms with van der Waals surface area (Å²) in [6.07, 6.45) is 1.62. The Kier molecular flexibility index (Phi) is 6.75. The maximum Gasteiger partial charge on any atom is 0.231 e. The van der Waals surface area contributed by atoms with Crippen molar-refractivity contribution in [2.75, 3.05) is 28.4 Å². The lowest BCUT2D eigenvalue weighted by Crippen LogP contribution is -3.06. The third-order valence-electron chi connectivity index (χ3n) is 5.76. The molecule has 3 aromatic rings. The number of phenols is 1. The van der Waals surface area contributed by atoms with Gasteiger partial charge in [0, 0.05) is 11.1 Å². The number of hydrogen-bond acceptors (Lipinski definition) is 6. The van der Waals surface area contributed by atoms with E-state index in [-0.39, 0.29) is 17.3 Å². The number of carbonyl (C=O) groups excluding carboxylic acids is 1. The molecule has 0 amide bonds. The van der Waals surface area contributed by atoms with Gasteiger partial charge in [-0.2, -0.15) is 0 Å². The first-order chi connectivity index (χ1) is 16.5. The Morgan fingerprint density at radius 1 is 0.912 bits per heavy atom. The standard InChI is InChI=1S/C27H27NO6/c1-28(15-17-8-6-5-7-9-17)16-20-21(29)12-11-19-24(30)23(34-26(19)20)14-18-10-13-22(31-2)27(33-4)25(18)32-3/h5-14,29H,15-16H2,1-4H3/p+1/b23-14-. The van der Waals surface area contributed by atoms with Gasteiger partial charge in [-0.25, -0.2) is 0 Å². The number of quaternary nitrogens is 1. The summed E-state index contributed by atoms with van der Waals surface area (Å²) in [5, 5.41) is 10.6. The average Bonchev–Trinajstić information content (AvgIpc) is 3.16. The number of aromatic hydroxyl groups is 1.